The first-order valence-corrected chi connectivity index (χ1v) is 40.5. The third kappa shape index (κ3) is 11.0. The van der Waals surface area contributed by atoms with Gasteiger partial charge in [-0.25, -0.2) is 24.3 Å². The minimum absolute atomic E-state index is 0.0357. The summed E-state index contributed by atoms with van der Waals surface area (Å²) in [5.74, 6) is 6.86. The Kier molecular flexibility index (Phi) is 16.6. The zero-order valence-electron chi connectivity index (χ0n) is 62.8. The van der Waals surface area contributed by atoms with Crippen molar-refractivity contribution in [1.82, 2.24) is 42.8 Å². The van der Waals surface area contributed by atoms with Crippen molar-refractivity contribution < 1.29 is 14.3 Å². The van der Waals surface area contributed by atoms with Gasteiger partial charge in [-0.3, -0.25) is 4.98 Å². The lowest BCUT2D eigenvalue weighted by molar-refractivity contribution is -0.0428. The van der Waals surface area contributed by atoms with Crippen LogP contribution in [0.25, 0.3) is 49.9 Å². The molecule has 0 aliphatic heterocycles. The van der Waals surface area contributed by atoms with Crippen molar-refractivity contribution in [2.45, 2.75) is 201 Å². The first kappa shape index (κ1) is 67.3. The maximum absolute atomic E-state index is 12.5. The molecule has 0 N–H and O–H groups in total. The molecule has 21 rings (SSSR count). The van der Waals surface area contributed by atoms with E-state index in [1.54, 1.807) is 29.2 Å². The van der Waals surface area contributed by atoms with Gasteiger partial charge in [0, 0.05) is 95.4 Å². The smallest absolute Gasteiger partial charge is 0.419 e. The highest BCUT2D eigenvalue weighted by molar-refractivity contribution is 5.86. The fourth-order valence-corrected chi connectivity index (χ4v) is 25.6. The number of allylic oxidation sites excluding steroid dienone is 10. The predicted octanol–water partition coefficient (Wildman–Crippen LogP) is 22.2. The standard InChI is InChI=1S/C32H37N3O.C31H35N3O2.C30H35N3/c1-31-15-11-24(36-20-22-13-17-33-18-14-22)19-23(31)7-8-25-26-9-10-30(32(26,2)16-12-27(25)31)35-21-34-28-5-3-4-6-29(28)35;1-30-14-11-23(36-29(35)33-18-16-32-20-33)19-22(30)7-8-24-25-9-10-28(31(25,2)15-12-26(24)30)34-17-13-21-5-3-4-6-27(21)34;1-29-14-11-23(32-18-16-31-20-32)19-22(29)7-8-24-25-9-10-28(30(25,2)15-12-26(24)29)33-17-13-21-5-3-4-6-27(21)33/h3-7,10,13-14,17-18,21,24-27H,8-9,11-12,15-16,19-20H2,1-2H3;3-7,10,13,16-18,20,23-26H,8-9,11-12,14-15,19H2,1-2H3;3-7,10,13,16-18,20,23-26H,8-9,11-12,14-15,19H2,1-2H3/t24-,25?,26?,27?,31-,32-;23-,24?,25?,26?,30-,31-;23-,24?,25?,26?,29-,30-/m000/s1. The number of nitrogens with zero attached hydrogens (tertiary/aromatic N) is 9. The molecule has 12 nitrogen and oxygen atoms in total. The van der Waals surface area contributed by atoms with Crippen LogP contribution in [-0.2, 0) is 16.1 Å². The summed E-state index contributed by atoms with van der Waals surface area (Å²) < 4.78 is 23.4. The zero-order valence-corrected chi connectivity index (χ0v) is 62.8. The van der Waals surface area contributed by atoms with Crippen LogP contribution < -0.4 is 0 Å². The number of pyridine rings is 1. The quantitative estimate of drug-likeness (QED) is 0.139. The first-order chi connectivity index (χ1) is 51.1. The number of carbonyl (C=O) groups is 1. The number of fused-ring (bicyclic) bond motifs is 18. The van der Waals surface area contributed by atoms with Crippen LogP contribution in [0.5, 0.6) is 0 Å². The van der Waals surface area contributed by atoms with E-state index in [9.17, 15) is 4.79 Å². The number of rotatable bonds is 8. The molecule has 105 heavy (non-hydrogen) atoms. The van der Waals surface area contributed by atoms with Gasteiger partial charge in [-0.2, -0.15) is 0 Å². The molecular weight excluding hydrogens is 1290 g/mol. The van der Waals surface area contributed by atoms with E-state index < -0.39 is 0 Å². The molecule has 12 aliphatic rings. The van der Waals surface area contributed by atoms with Crippen LogP contribution in [0.3, 0.4) is 0 Å². The van der Waals surface area contributed by atoms with Crippen molar-refractivity contribution in [3.05, 3.63) is 224 Å². The Morgan fingerprint density at radius 1 is 0.419 bits per heavy atom. The Balaban J connectivity index is 0.000000108. The van der Waals surface area contributed by atoms with E-state index in [1.165, 1.54) is 163 Å². The molecule has 6 heterocycles. The highest BCUT2D eigenvalue weighted by Crippen LogP contribution is 2.70. The van der Waals surface area contributed by atoms with E-state index in [0.717, 1.165) is 85.0 Å². The molecule has 12 heteroatoms. The number of carbonyl (C=O) groups excluding carboxylic acids is 1. The monoisotopic (exact) mass is 1400 g/mol. The third-order valence-corrected chi connectivity index (χ3v) is 31.4. The van der Waals surface area contributed by atoms with Gasteiger partial charge in [-0.1, -0.05) is 143 Å². The van der Waals surface area contributed by atoms with Crippen molar-refractivity contribution in [3.8, 4) is 0 Å². The second-order valence-corrected chi connectivity index (χ2v) is 35.9. The average molecular weight is 1400 g/mol. The van der Waals surface area contributed by atoms with Crippen molar-refractivity contribution in [3.63, 3.8) is 0 Å². The molecule has 0 amide bonds. The second kappa shape index (κ2) is 26.0. The average Bonchev–Trinajstić information content (AvgIpc) is 1.65. The molecule has 9 unspecified atom stereocenters. The largest absolute Gasteiger partial charge is 0.445 e. The van der Waals surface area contributed by atoms with E-state index in [-0.39, 0.29) is 28.4 Å². The summed E-state index contributed by atoms with van der Waals surface area (Å²) in [6.07, 6.45) is 62.2. The van der Waals surface area contributed by atoms with Crippen LogP contribution in [0, 0.1) is 85.8 Å². The van der Waals surface area contributed by atoms with Crippen LogP contribution in [0.1, 0.15) is 188 Å². The number of hydrogen-bond donors (Lipinski definition) is 0. The zero-order chi connectivity index (χ0) is 71.0. The molecule has 6 saturated carbocycles. The molecule has 0 spiro atoms. The van der Waals surface area contributed by atoms with Crippen molar-refractivity contribution in [2.75, 3.05) is 0 Å². The molecule has 6 aromatic heterocycles. The summed E-state index contributed by atoms with van der Waals surface area (Å²) in [6, 6.07) is 35.5. The molecular formula is C93H107N9O3. The van der Waals surface area contributed by atoms with E-state index in [1.807, 2.05) is 24.9 Å². The van der Waals surface area contributed by atoms with Gasteiger partial charge in [0.2, 0.25) is 0 Å². The number of imidazole rings is 3. The molecule has 0 radical (unpaired) electrons. The summed E-state index contributed by atoms with van der Waals surface area (Å²) in [4.78, 5) is 29.6. The Hall–Kier alpha value is -8.35. The molecule has 18 atom stereocenters. The fraction of sp³-hybridized carbons (Fsp3) is 0.495. The topological polar surface area (TPSA) is 112 Å². The van der Waals surface area contributed by atoms with Gasteiger partial charge in [0.1, 0.15) is 18.8 Å². The highest BCUT2D eigenvalue weighted by Gasteiger charge is 2.61. The SMILES string of the molecule is C[C@]12CC[C@H](OC(=O)n3ccnc3)CC1=CCC1C2CC[C@]2(C)C(n3ccc4ccccc43)=CCC12.C[C@]12CC[C@H](OCc3ccncc3)CC1=CCC1C2CC[C@]2(C)C(n3cnc4ccccc43)=CCC12.C[C@]12CC[C@H](n3ccnc3)CC1=CCC1C2CC[C@]2(C)C(n3ccc4ccccc43)=CCC12. The predicted molar refractivity (Wildman–Crippen MR) is 420 cm³/mol. The normalized spacial score (nSPS) is 36.2. The number of ether oxygens (including phenoxy) is 2. The lowest BCUT2D eigenvalue weighted by Gasteiger charge is -2.58. The minimum atomic E-state index is -0.314. The van der Waals surface area contributed by atoms with Crippen molar-refractivity contribution in [2.24, 2.45) is 85.8 Å². The third-order valence-electron chi connectivity index (χ3n) is 31.4. The Morgan fingerprint density at radius 3 is 1.44 bits per heavy atom. The summed E-state index contributed by atoms with van der Waals surface area (Å²) >= 11 is 0. The number of aromatic nitrogens is 9. The van der Waals surface area contributed by atoms with Gasteiger partial charge in [0.15, 0.2) is 0 Å². The van der Waals surface area contributed by atoms with Gasteiger partial charge in [-0.05, 0) is 263 Å². The highest BCUT2D eigenvalue weighted by atomic mass is 16.6. The van der Waals surface area contributed by atoms with Crippen LogP contribution in [0.15, 0.2) is 219 Å². The van der Waals surface area contributed by atoms with Gasteiger partial charge in [0.25, 0.3) is 0 Å². The lowest BCUT2D eigenvalue weighted by Crippen LogP contribution is -2.50. The number of benzene rings is 3. The maximum Gasteiger partial charge on any atom is 0.419 e. The van der Waals surface area contributed by atoms with E-state index in [2.05, 4.69) is 233 Å². The van der Waals surface area contributed by atoms with Gasteiger partial charge >= 0.3 is 6.09 Å². The van der Waals surface area contributed by atoms with E-state index in [0.29, 0.717) is 40.9 Å². The maximum atomic E-state index is 12.5. The van der Waals surface area contributed by atoms with Crippen LogP contribution >= 0.6 is 0 Å². The summed E-state index contributed by atoms with van der Waals surface area (Å²) in [5.41, 5.74) is 17.5. The number of hydrogen-bond acceptors (Lipinski definition) is 7. The van der Waals surface area contributed by atoms with E-state index in [4.69, 9.17) is 14.5 Å². The first-order valence-electron chi connectivity index (χ1n) is 40.5. The lowest BCUT2D eigenvalue weighted by atomic mass is 9.47. The number of para-hydroxylation sites is 4. The van der Waals surface area contributed by atoms with Crippen LogP contribution in [0.2, 0.25) is 0 Å². The Morgan fingerprint density at radius 2 is 0.895 bits per heavy atom. The van der Waals surface area contributed by atoms with Crippen LogP contribution in [0.4, 0.5) is 4.79 Å². The molecule has 6 fully saturated rings. The van der Waals surface area contributed by atoms with Crippen molar-refractivity contribution in [1.29, 1.82) is 0 Å². The van der Waals surface area contributed by atoms with Gasteiger partial charge in [0.05, 0.1) is 41.1 Å². The summed E-state index contributed by atoms with van der Waals surface area (Å²) in [7, 11) is 0. The minimum Gasteiger partial charge on any atom is -0.445 e. The molecule has 9 aromatic rings. The molecule has 12 aliphatic carbocycles. The fourth-order valence-electron chi connectivity index (χ4n) is 25.6. The van der Waals surface area contributed by atoms with Crippen LogP contribution in [-0.4, -0.2) is 61.1 Å². The van der Waals surface area contributed by atoms with Gasteiger partial charge < -0.3 is 27.7 Å². The molecule has 0 saturated heterocycles. The van der Waals surface area contributed by atoms with Crippen molar-refractivity contribution >= 4 is 56.0 Å². The van der Waals surface area contributed by atoms with E-state index >= 15 is 0 Å². The Labute approximate surface area is 620 Å². The molecule has 0 bridgehead atoms. The molecule has 3 aromatic carbocycles. The Bertz CT molecular complexity index is 4960. The molecule has 542 valence electrons. The summed E-state index contributed by atoms with van der Waals surface area (Å²) in [6.45, 7) is 16.1. The van der Waals surface area contributed by atoms with Gasteiger partial charge in [-0.15, -0.1) is 0 Å². The second-order valence-electron chi connectivity index (χ2n) is 35.9. The summed E-state index contributed by atoms with van der Waals surface area (Å²) in [5, 5.41) is 2.67.